The van der Waals surface area contributed by atoms with Crippen molar-refractivity contribution < 1.29 is 4.74 Å². The third-order valence-corrected chi connectivity index (χ3v) is 3.12. The Balaban J connectivity index is 1.95. The molecule has 1 aliphatic rings. The van der Waals surface area contributed by atoms with Gasteiger partial charge in [-0.25, -0.2) is 9.97 Å². The van der Waals surface area contributed by atoms with Crippen LogP contribution in [0.2, 0.25) is 0 Å². The normalized spacial score (nSPS) is 17.1. The Bertz CT molecular complexity index is 352. The maximum absolute atomic E-state index is 5.58. The molecule has 0 spiro atoms. The molecule has 5 heteroatoms. The molecule has 1 aromatic rings. The number of aromatic nitrogens is 2. The zero-order chi connectivity index (χ0) is 12.1. The maximum Gasteiger partial charge on any atom is 0.225 e. The van der Waals surface area contributed by atoms with E-state index in [-0.39, 0.29) is 0 Å². The molecule has 0 saturated carbocycles. The second-order valence-electron chi connectivity index (χ2n) is 4.49. The number of ether oxygens (including phenoxy) is 1. The molecule has 2 heterocycles. The van der Waals surface area contributed by atoms with Gasteiger partial charge in [-0.2, -0.15) is 0 Å². The molecule has 0 unspecified atom stereocenters. The van der Waals surface area contributed by atoms with E-state index in [1.165, 1.54) is 0 Å². The fraction of sp³-hybridized carbons (Fsp3) is 0.667. The predicted molar refractivity (Wildman–Crippen MR) is 66.7 cm³/mol. The molecular weight excluding hydrogens is 216 g/mol. The SMILES string of the molecule is CN(CC1CCOCC1)c1nccc(CN)n1. The molecule has 2 rings (SSSR count). The van der Waals surface area contributed by atoms with Gasteiger partial charge in [0, 0.05) is 39.5 Å². The number of hydrogen-bond acceptors (Lipinski definition) is 5. The van der Waals surface area contributed by atoms with E-state index in [4.69, 9.17) is 10.5 Å². The van der Waals surface area contributed by atoms with Crippen LogP contribution in [-0.2, 0) is 11.3 Å². The first kappa shape index (κ1) is 12.3. The molecule has 0 radical (unpaired) electrons. The minimum Gasteiger partial charge on any atom is -0.381 e. The Morgan fingerprint density at radius 2 is 2.24 bits per heavy atom. The van der Waals surface area contributed by atoms with Gasteiger partial charge >= 0.3 is 0 Å². The van der Waals surface area contributed by atoms with Crippen LogP contribution in [0.3, 0.4) is 0 Å². The second-order valence-corrected chi connectivity index (χ2v) is 4.49. The first-order valence-electron chi connectivity index (χ1n) is 6.10. The molecule has 1 saturated heterocycles. The van der Waals surface area contributed by atoms with Gasteiger partial charge in [0.05, 0.1) is 5.69 Å². The first-order valence-corrected chi connectivity index (χ1v) is 6.10. The standard InChI is InChI=1S/C12H20N4O/c1-16(9-10-3-6-17-7-4-10)12-14-5-2-11(8-13)15-12/h2,5,10H,3-4,6-9,13H2,1H3. The molecule has 0 amide bonds. The van der Waals surface area contributed by atoms with Crippen molar-refractivity contribution in [2.75, 3.05) is 31.7 Å². The Hall–Kier alpha value is -1.20. The van der Waals surface area contributed by atoms with Gasteiger partial charge in [-0.1, -0.05) is 0 Å². The number of nitrogens with two attached hydrogens (primary N) is 1. The molecule has 5 nitrogen and oxygen atoms in total. The molecule has 17 heavy (non-hydrogen) atoms. The molecule has 0 aliphatic carbocycles. The van der Waals surface area contributed by atoms with Crippen LogP contribution in [0.5, 0.6) is 0 Å². The summed E-state index contributed by atoms with van der Waals surface area (Å²) in [4.78, 5) is 10.8. The van der Waals surface area contributed by atoms with E-state index >= 15 is 0 Å². The monoisotopic (exact) mass is 236 g/mol. The van der Waals surface area contributed by atoms with Crippen LogP contribution >= 0.6 is 0 Å². The van der Waals surface area contributed by atoms with Crippen molar-refractivity contribution in [2.45, 2.75) is 19.4 Å². The quantitative estimate of drug-likeness (QED) is 0.837. The highest BCUT2D eigenvalue weighted by Crippen LogP contribution is 2.17. The third kappa shape index (κ3) is 3.38. The lowest BCUT2D eigenvalue weighted by molar-refractivity contribution is 0.0684. The van der Waals surface area contributed by atoms with Gasteiger partial charge in [-0.05, 0) is 24.8 Å². The predicted octanol–water partition coefficient (Wildman–Crippen LogP) is 0.798. The Morgan fingerprint density at radius 1 is 1.47 bits per heavy atom. The van der Waals surface area contributed by atoms with E-state index in [2.05, 4.69) is 14.9 Å². The molecule has 2 N–H and O–H groups in total. The van der Waals surface area contributed by atoms with E-state index in [9.17, 15) is 0 Å². The van der Waals surface area contributed by atoms with Crippen LogP contribution in [0.25, 0.3) is 0 Å². The zero-order valence-corrected chi connectivity index (χ0v) is 10.3. The number of rotatable bonds is 4. The fourth-order valence-electron chi connectivity index (χ4n) is 2.08. The number of anilines is 1. The van der Waals surface area contributed by atoms with Gasteiger partial charge in [-0.15, -0.1) is 0 Å². The zero-order valence-electron chi connectivity index (χ0n) is 10.3. The summed E-state index contributed by atoms with van der Waals surface area (Å²) < 4.78 is 5.36. The third-order valence-electron chi connectivity index (χ3n) is 3.12. The summed E-state index contributed by atoms with van der Waals surface area (Å²) in [5, 5.41) is 0. The minimum absolute atomic E-state index is 0.459. The summed E-state index contributed by atoms with van der Waals surface area (Å²) in [6.45, 7) is 3.20. The highest BCUT2D eigenvalue weighted by molar-refractivity contribution is 5.28. The highest BCUT2D eigenvalue weighted by Gasteiger charge is 2.17. The molecular formula is C12H20N4O. The molecule has 1 aromatic heterocycles. The van der Waals surface area contributed by atoms with Crippen molar-refractivity contribution >= 4 is 5.95 Å². The molecule has 1 aliphatic heterocycles. The smallest absolute Gasteiger partial charge is 0.225 e. The van der Waals surface area contributed by atoms with E-state index < -0.39 is 0 Å². The average molecular weight is 236 g/mol. The van der Waals surface area contributed by atoms with Gasteiger partial charge in [0.25, 0.3) is 0 Å². The van der Waals surface area contributed by atoms with Gasteiger partial charge in [0.15, 0.2) is 0 Å². The second kappa shape index (κ2) is 5.93. The minimum atomic E-state index is 0.459. The highest BCUT2D eigenvalue weighted by atomic mass is 16.5. The molecule has 1 fully saturated rings. The van der Waals surface area contributed by atoms with E-state index in [1.807, 2.05) is 13.1 Å². The van der Waals surface area contributed by atoms with Gasteiger partial charge in [0.1, 0.15) is 0 Å². The van der Waals surface area contributed by atoms with Gasteiger partial charge in [-0.3, -0.25) is 0 Å². The summed E-state index contributed by atoms with van der Waals surface area (Å²) in [7, 11) is 2.03. The van der Waals surface area contributed by atoms with Crippen LogP contribution < -0.4 is 10.6 Å². The van der Waals surface area contributed by atoms with Crippen molar-refractivity contribution in [1.29, 1.82) is 0 Å². The molecule has 0 atom stereocenters. The van der Waals surface area contributed by atoms with Crippen molar-refractivity contribution in [2.24, 2.45) is 11.7 Å². The average Bonchev–Trinajstić information content (AvgIpc) is 2.40. The topological polar surface area (TPSA) is 64.3 Å². The molecule has 94 valence electrons. The van der Waals surface area contributed by atoms with Crippen LogP contribution in [0.1, 0.15) is 18.5 Å². The van der Waals surface area contributed by atoms with Crippen molar-refractivity contribution in [3.63, 3.8) is 0 Å². The van der Waals surface area contributed by atoms with E-state index in [0.29, 0.717) is 12.5 Å². The van der Waals surface area contributed by atoms with Gasteiger partial charge < -0.3 is 15.4 Å². The lowest BCUT2D eigenvalue weighted by Gasteiger charge is -2.27. The molecule has 0 aromatic carbocycles. The van der Waals surface area contributed by atoms with Crippen LogP contribution in [0.15, 0.2) is 12.3 Å². The lowest BCUT2D eigenvalue weighted by Crippen LogP contribution is -2.30. The fourth-order valence-corrected chi connectivity index (χ4v) is 2.08. The van der Waals surface area contributed by atoms with E-state index in [1.54, 1.807) is 6.20 Å². The van der Waals surface area contributed by atoms with Crippen LogP contribution in [0.4, 0.5) is 5.95 Å². The maximum atomic E-state index is 5.58. The van der Waals surface area contributed by atoms with Crippen molar-refractivity contribution in [3.05, 3.63) is 18.0 Å². The van der Waals surface area contributed by atoms with Crippen LogP contribution in [-0.4, -0.2) is 36.8 Å². The number of hydrogen-bond donors (Lipinski definition) is 1. The Kier molecular flexibility index (Phi) is 4.28. The van der Waals surface area contributed by atoms with Crippen LogP contribution in [0, 0.1) is 5.92 Å². The first-order chi connectivity index (χ1) is 8.29. The summed E-state index contributed by atoms with van der Waals surface area (Å²) in [5.74, 6) is 1.44. The summed E-state index contributed by atoms with van der Waals surface area (Å²) in [5.41, 5.74) is 6.46. The molecule has 0 bridgehead atoms. The van der Waals surface area contributed by atoms with E-state index in [0.717, 1.165) is 44.2 Å². The van der Waals surface area contributed by atoms with Gasteiger partial charge in [0.2, 0.25) is 5.95 Å². The Labute approximate surface area is 102 Å². The Morgan fingerprint density at radius 3 is 2.94 bits per heavy atom. The van der Waals surface area contributed by atoms with Crippen molar-refractivity contribution in [1.82, 2.24) is 9.97 Å². The summed E-state index contributed by atoms with van der Waals surface area (Å²) >= 11 is 0. The summed E-state index contributed by atoms with van der Waals surface area (Å²) in [6.07, 6.45) is 4.02. The summed E-state index contributed by atoms with van der Waals surface area (Å²) in [6, 6.07) is 1.85. The largest absolute Gasteiger partial charge is 0.381 e. The number of nitrogens with zero attached hydrogens (tertiary/aromatic N) is 3. The van der Waals surface area contributed by atoms with Crippen molar-refractivity contribution in [3.8, 4) is 0 Å². The lowest BCUT2D eigenvalue weighted by atomic mass is 10.00.